The maximum Gasteiger partial charge on any atom is 0.273 e. The molecule has 1 atom stereocenters. The fraction of sp³-hybridized carbons (Fsp3) is 0.261. The van der Waals surface area contributed by atoms with Crippen molar-refractivity contribution in [3.8, 4) is 5.75 Å². The third-order valence-electron chi connectivity index (χ3n) is 5.17. The van der Waals surface area contributed by atoms with Gasteiger partial charge in [0.05, 0.1) is 23.5 Å². The maximum absolute atomic E-state index is 12.7. The van der Waals surface area contributed by atoms with Gasteiger partial charge in [-0.25, -0.2) is 13.4 Å². The lowest BCUT2D eigenvalue weighted by Gasteiger charge is -2.14. The van der Waals surface area contributed by atoms with Crippen LogP contribution >= 0.6 is 11.3 Å². The highest BCUT2D eigenvalue weighted by Gasteiger charge is 2.19. The molecule has 36 heavy (non-hydrogen) atoms. The lowest BCUT2D eigenvalue weighted by molar-refractivity contribution is -0.114. The lowest BCUT2D eigenvalue weighted by atomic mass is 10.1. The second-order valence-corrected chi connectivity index (χ2v) is 10.9. The molecule has 0 radical (unpaired) electrons. The summed E-state index contributed by atoms with van der Waals surface area (Å²) in [7, 11) is -3.90. The summed E-state index contributed by atoms with van der Waals surface area (Å²) in [5.74, 6) is 0.382. The van der Waals surface area contributed by atoms with E-state index in [-0.39, 0.29) is 21.8 Å². The molecule has 0 saturated carbocycles. The van der Waals surface area contributed by atoms with Gasteiger partial charge < -0.3 is 20.5 Å². The molecular formula is C23H26N6O5S2. The molecule has 1 amide bonds. The van der Waals surface area contributed by atoms with E-state index in [2.05, 4.69) is 30.5 Å². The molecule has 0 aliphatic carbocycles. The molecule has 13 heteroatoms. The monoisotopic (exact) mass is 530 g/mol. The summed E-state index contributed by atoms with van der Waals surface area (Å²) in [6.07, 6.45) is 0.324. The molecule has 0 spiro atoms. The Morgan fingerprint density at radius 1 is 1.25 bits per heavy atom. The van der Waals surface area contributed by atoms with E-state index in [1.165, 1.54) is 13.1 Å². The number of hydrogen-bond donors (Lipinski definition) is 5. The van der Waals surface area contributed by atoms with Crippen molar-refractivity contribution in [1.29, 1.82) is 0 Å². The number of fused-ring (bicyclic) bond motifs is 1. The summed E-state index contributed by atoms with van der Waals surface area (Å²) >= 11 is 0.844. The minimum Gasteiger partial charge on any atom is -0.492 e. The molecule has 5 N–H and O–H groups in total. The van der Waals surface area contributed by atoms with E-state index < -0.39 is 16.1 Å². The quantitative estimate of drug-likeness (QED) is 0.185. The Labute approximate surface area is 212 Å². The van der Waals surface area contributed by atoms with E-state index in [1.54, 1.807) is 24.3 Å². The number of anilines is 2. The molecule has 2 heterocycles. The minimum absolute atomic E-state index is 0.0410. The summed E-state index contributed by atoms with van der Waals surface area (Å²) in [4.78, 5) is 15.0. The number of carbonyl (C=O) groups is 1. The number of rotatable bonds is 11. The van der Waals surface area contributed by atoms with Gasteiger partial charge in [-0.05, 0) is 36.8 Å². The largest absolute Gasteiger partial charge is 0.492 e. The SMILES string of the molecule is CC(=O)Nc1ncc(S(=O)(=O)Nc2cccc([C@@H](O)CNCCOc3ccc4c(C)n[nH]c4c3)c2)s1. The van der Waals surface area contributed by atoms with E-state index in [0.717, 1.165) is 33.7 Å². The average molecular weight is 531 g/mol. The van der Waals surface area contributed by atoms with Crippen molar-refractivity contribution in [2.24, 2.45) is 0 Å². The normalized spacial score (nSPS) is 12.4. The number of thiazole rings is 1. The van der Waals surface area contributed by atoms with Gasteiger partial charge in [0.15, 0.2) is 9.34 Å². The number of amides is 1. The molecule has 0 fully saturated rings. The fourth-order valence-electron chi connectivity index (χ4n) is 3.43. The van der Waals surface area contributed by atoms with Crippen molar-refractivity contribution in [2.75, 3.05) is 29.7 Å². The average Bonchev–Trinajstić information content (AvgIpc) is 3.45. The van der Waals surface area contributed by atoms with Crippen LogP contribution in [-0.2, 0) is 14.8 Å². The fourth-order valence-corrected chi connectivity index (χ4v) is 5.56. The van der Waals surface area contributed by atoms with Crippen molar-refractivity contribution >= 4 is 49.0 Å². The van der Waals surface area contributed by atoms with Crippen molar-refractivity contribution in [2.45, 2.75) is 24.2 Å². The summed E-state index contributed by atoms with van der Waals surface area (Å²) in [5.41, 5.74) is 2.69. The van der Waals surface area contributed by atoms with Gasteiger partial charge >= 0.3 is 0 Å². The predicted octanol–water partition coefficient (Wildman–Crippen LogP) is 2.79. The molecule has 190 valence electrons. The molecule has 0 unspecified atom stereocenters. The Bertz CT molecular complexity index is 1470. The molecule has 4 rings (SSSR count). The zero-order valence-electron chi connectivity index (χ0n) is 19.6. The van der Waals surface area contributed by atoms with Gasteiger partial charge in [-0.3, -0.25) is 14.6 Å². The van der Waals surface area contributed by atoms with E-state index in [4.69, 9.17) is 4.74 Å². The first kappa shape index (κ1) is 25.6. The van der Waals surface area contributed by atoms with Crippen LogP contribution in [0.3, 0.4) is 0 Å². The maximum atomic E-state index is 12.7. The van der Waals surface area contributed by atoms with Crippen molar-refractivity contribution in [1.82, 2.24) is 20.5 Å². The third kappa shape index (κ3) is 6.37. The first-order valence-electron chi connectivity index (χ1n) is 11.0. The highest BCUT2D eigenvalue weighted by Crippen LogP contribution is 2.26. The van der Waals surface area contributed by atoms with Gasteiger partial charge in [0.25, 0.3) is 10.0 Å². The Kier molecular flexibility index (Phi) is 7.84. The first-order valence-corrected chi connectivity index (χ1v) is 13.3. The highest BCUT2D eigenvalue weighted by atomic mass is 32.2. The number of benzene rings is 2. The van der Waals surface area contributed by atoms with Crippen LogP contribution in [0.1, 0.15) is 24.3 Å². The van der Waals surface area contributed by atoms with Crippen LogP contribution in [0, 0.1) is 6.92 Å². The zero-order valence-corrected chi connectivity index (χ0v) is 21.2. The molecular weight excluding hydrogens is 504 g/mol. The van der Waals surface area contributed by atoms with Crippen LogP contribution < -0.4 is 20.1 Å². The van der Waals surface area contributed by atoms with Crippen LogP contribution in [0.5, 0.6) is 5.75 Å². The molecule has 2 aromatic carbocycles. The molecule has 11 nitrogen and oxygen atoms in total. The van der Waals surface area contributed by atoms with Crippen LogP contribution in [0.4, 0.5) is 10.8 Å². The van der Waals surface area contributed by atoms with Gasteiger partial charge in [0, 0.05) is 37.2 Å². The van der Waals surface area contributed by atoms with Crippen LogP contribution in [0.25, 0.3) is 10.9 Å². The molecule has 2 aromatic heterocycles. The van der Waals surface area contributed by atoms with E-state index in [0.29, 0.717) is 24.4 Å². The topological polar surface area (TPSA) is 158 Å². The minimum atomic E-state index is -3.90. The molecule has 0 aliphatic heterocycles. The van der Waals surface area contributed by atoms with Gasteiger partial charge in [0.1, 0.15) is 12.4 Å². The summed E-state index contributed by atoms with van der Waals surface area (Å²) in [5, 5.41) is 24.5. The number of aromatic nitrogens is 3. The predicted molar refractivity (Wildman–Crippen MR) is 138 cm³/mol. The number of H-pyrrole nitrogens is 1. The number of aliphatic hydroxyl groups is 1. The van der Waals surface area contributed by atoms with E-state index in [1.807, 2.05) is 25.1 Å². The number of nitrogens with zero attached hydrogens (tertiary/aromatic N) is 2. The second kappa shape index (κ2) is 11.0. The van der Waals surface area contributed by atoms with Crippen LogP contribution in [-0.4, -0.2) is 54.3 Å². The summed E-state index contributed by atoms with van der Waals surface area (Å²) in [6, 6.07) is 12.3. The van der Waals surface area contributed by atoms with Crippen molar-refractivity contribution < 1.29 is 23.1 Å². The Morgan fingerprint density at radius 3 is 2.89 bits per heavy atom. The van der Waals surface area contributed by atoms with Crippen LogP contribution in [0.15, 0.2) is 52.9 Å². The van der Waals surface area contributed by atoms with Gasteiger partial charge in [-0.1, -0.05) is 23.5 Å². The summed E-state index contributed by atoms with van der Waals surface area (Å²) < 4.78 is 33.5. The number of aromatic amines is 1. The van der Waals surface area contributed by atoms with Gasteiger partial charge in [-0.15, -0.1) is 0 Å². The van der Waals surface area contributed by atoms with E-state index >= 15 is 0 Å². The van der Waals surface area contributed by atoms with Crippen molar-refractivity contribution in [3.05, 3.63) is 59.9 Å². The number of hydrogen-bond acceptors (Lipinski definition) is 9. The number of carbonyl (C=O) groups excluding carboxylic acids is 1. The molecule has 4 aromatic rings. The Morgan fingerprint density at radius 2 is 2.08 bits per heavy atom. The number of aryl methyl sites for hydroxylation is 1. The number of nitrogens with one attached hydrogen (secondary N) is 4. The number of ether oxygens (including phenoxy) is 1. The lowest BCUT2D eigenvalue weighted by Crippen LogP contribution is -2.26. The molecule has 0 aliphatic rings. The van der Waals surface area contributed by atoms with Crippen molar-refractivity contribution in [3.63, 3.8) is 0 Å². The smallest absolute Gasteiger partial charge is 0.273 e. The Hall–Kier alpha value is -3.52. The zero-order chi connectivity index (χ0) is 25.7. The second-order valence-electron chi connectivity index (χ2n) is 7.98. The Balaban J connectivity index is 1.27. The summed E-state index contributed by atoms with van der Waals surface area (Å²) in [6.45, 7) is 4.42. The number of aliphatic hydroxyl groups excluding tert-OH is 1. The standard InChI is InChI=1S/C23H26N6O5S2/c1-14-19-7-6-18(11-20(19)28-27-14)34-9-8-24-12-21(31)16-4-3-5-17(10-16)29-36(32,33)22-13-25-23(35-22)26-15(2)30/h3-7,10-11,13,21,24,29,31H,8-9,12H2,1-2H3,(H,27,28)(H,25,26,30)/t21-/m0/s1. The number of sulfonamides is 1. The highest BCUT2D eigenvalue weighted by molar-refractivity contribution is 7.94. The van der Waals surface area contributed by atoms with E-state index in [9.17, 15) is 18.3 Å². The van der Waals surface area contributed by atoms with Gasteiger partial charge in [0.2, 0.25) is 5.91 Å². The molecule has 0 saturated heterocycles. The molecule has 0 bridgehead atoms. The van der Waals surface area contributed by atoms with Crippen LogP contribution in [0.2, 0.25) is 0 Å². The third-order valence-corrected chi connectivity index (χ3v) is 7.92. The van der Waals surface area contributed by atoms with Gasteiger partial charge in [-0.2, -0.15) is 5.10 Å². The first-order chi connectivity index (χ1) is 17.2.